The normalized spacial score (nSPS) is 13.5. The van der Waals surface area contributed by atoms with Crippen LogP contribution in [0.15, 0.2) is 6.07 Å². The lowest BCUT2D eigenvalue weighted by atomic mass is 10.00. The van der Waals surface area contributed by atoms with Crippen molar-refractivity contribution >= 4 is 0 Å². The first-order valence-corrected chi connectivity index (χ1v) is 5.74. The number of hydrogen-bond acceptors (Lipinski definition) is 2. The third-order valence-electron chi connectivity index (χ3n) is 2.64. The van der Waals surface area contributed by atoms with E-state index in [2.05, 4.69) is 25.0 Å². The Kier molecular flexibility index (Phi) is 4.33. The van der Waals surface area contributed by atoms with Gasteiger partial charge in [0.2, 0.25) is 0 Å². The minimum absolute atomic E-state index is 0.320. The lowest BCUT2D eigenvalue weighted by Gasteiger charge is -2.13. The van der Waals surface area contributed by atoms with Crippen LogP contribution in [0.1, 0.15) is 38.1 Å². The van der Waals surface area contributed by atoms with Gasteiger partial charge in [0, 0.05) is 18.8 Å². The largest absolute Gasteiger partial charge is 0.328 e. The van der Waals surface area contributed by atoms with Crippen LogP contribution in [0, 0.1) is 12.8 Å². The summed E-state index contributed by atoms with van der Waals surface area (Å²) in [5, 5.41) is 4.33. The van der Waals surface area contributed by atoms with Crippen LogP contribution in [0.25, 0.3) is 0 Å². The fourth-order valence-corrected chi connectivity index (χ4v) is 1.95. The molecule has 0 aliphatic carbocycles. The number of rotatable bonds is 5. The Balaban J connectivity index is 2.40. The van der Waals surface area contributed by atoms with Crippen molar-refractivity contribution in [2.45, 2.75) is 46.1 Å². The fourth-order valence-electron chi connectivity index (χ4n) is 1.95. The molecule has 0 saturated carbocycles. The summed E-state index contributed by atoms with van der Waals surface area (Å²) in [5.74, 6) is 0.688. The van der Waals surface area contributed by atoms with Gasteiger partial charge in [-0.15, -0.1) is 0 Å². The van der Waals surface area contributed by atoms with Crippen molar-refractivity contribution in [3.63, 3.8) is 0 Å². The molecule has 0 bridgehead atoms. The Bertz CT molecular complexity index is 302. The van der Waals surface area contributed by atoms with E-state index in [0.717, 1.165) is 25.0 Å². The van der Waals surface area contributed by atoms with Crippen LogP contribution in [-0.2, 0) is 13.5 Å². The maximum atomic E-state index is 6.05. The van der Waals surface area contributed by atoms with Gasteiger partial charge in [0.25, 0.3) is 0 Å². The SMILES string of the molecule is Cc1cc(CCC(N)CC(C)C)n(C)n1. The van der Waals surface area contributed by atoms with Gasteiger partial charge in [-0.1, -0.05) is 13.8 Å². The van der Waals surface area contributed by atoms with E-state index in [1.807, 2.05) is 18.7 Å². The average molecular weight is 209 g/mol. The Morgan fingerprint density at radius 2 is 2.13 bits per heavy atom. The molecule has 0 spiro atoms. The van der Waals surface area contributed by atoms with E-state index in [-0.39, 0.29) is 0 Å². The maximum absolute atomic E-state index is 6.05. The van der Waals surface area contributed by atoms with Crippen molar-refractivity contribution < 1.29 is 0 Å². The van der Waals surface area contributed by atoms with E-state index < -0.39 is 0 Å². The van der Waals surface area contributed by atoms with E-state index in [1.165, 1.54) is 5.69 Å². The average Bonchev–Trinajstić information content (AvgIpc) is 2.40. The van der Waals surface area contributed by atoms with Crippen molar-refractivity contribution in [3.05, 3.63) is 17.5 Å². The van der Waals surface area contributed by atoms with Gasteiger partial charge in [0.1, 0.15) is 0 Å². The minimum atomic E-state index is 0.320. The van der Waals surface area contributed by atoms with Crippen molar-refractivity contribution in [1.29, 1.82) is 0 Å². The molecule has 3 nitrogen and oxygen atoms in total. The van der Waals surface area contributed by atoms with E-state index in [9.17, 15) is 0 Å². The summed E-state index contributed by atoms with van der Waals surface area (Å²) >= 11 is 0. The zero-order valence-electron chi connectivity index (χ0n) is 10.3. The summed E-state index contributed by atoms with van der Waals surface area (Å²) in [6.45, 7) is 6.46. The van der Waals surface area contributed by atoms with Crippen molar-refractivity contribution in [3.8, 4) is 0 Å². The van der Waals surface area contributed by atoms with Gasteiger partial charge in [0.05, 0.1) is 5.69 Å². The third kappa shape index (κ3) is 4.04. The molecule has 1 rings (SSSR count). The molecular formula is C12H23N3. The highest BCUT2D eigenvalue weighted by Gasteiger charge is 2.08. The summed E-state index contributed by atoms with van der Waals surface area (Å²) < 4.78 is 1.96. The molecule has 1 aromatic rings. The first-order chi connectivity index (χ1) is 6.99. The van der Waals surface area contributed by atoms with Crippen molar-refractivity contribution in [2.24, 2.45) is 18.7 Å². The molecule has 1 atom stereocenters. The van der Waals surface area contributed by atoms with Gasteiger partial charge in [-0.2, -0.15) is 5.10 Å². The van der Waals surface area contributed by atoms with Crippen LogP contribution < -0.4 is 5.73 Å². The van der Waals surface area contributed by atoms with Crippen LogP contribution in [0.5, 0.6) is 0 Å². The van der Waals surface area contributed by atoms with E-state index in [1.54, 1.807) is 0 Å². The molecule has 0 amide bonds. The Morgan fingerprint density at radius 3 is 2.60 bits per heavy atom. The maximum Gasteiger partial charge on any atom is 0.0596 e. The number of nitrogens with zero attached hydrogens (tertiary/aromatic N) is 2. The Labute approximate surface area is 92.7 Å². The molecule has 0 saturated heterocycles. The number of hydrogen-bond donors (Lipinski definition) is 1. The van der Waals surface area contributed by atoms with Crippen LogP contribution >= 0.6 is 0 Å². The number of aromatic nitrogens is 2. The molecule has 1 heterocycles. The van der Waals surface area contributed by atoms with Gasteiger partial charge >= 0.3 is 0 Å². The molecule has 1 unspecified atom stereocenters. The van der Waals surface area contributed by atoms with E-state index in [4.69, 9.17) is 5.73 Å². The third-order valence-corrected chi connectivity index (χ3v) is 2.64. The minimum Gasteiger partial charge on any atom is -0.328 e. The zero-order chi connectivity index (χ0) is 11.4. The predicted molar refractivity (Wildman–Crippen MR) is 63.7 cm³/mol. The van der Waals surface area contributed by atoms with Gasteiger partial charge in [-0.05, 0) is 38.2 Å². The second kappa shape index (κ2) is 5.31. The van der Waals surface area contributed by atoms with Gasteiger partial charge in [0.15, 0.2) is 0 Å². The molecule has 3 heteroatoms. The van der Waals surface area contributed by atoms with Gasteiger partial charge < -0.3 is 5.73 Å². The highest BCUT2D eigenvalue weighted by Crippen LogP contribution is 2.10. The van der Waals surface area contributed by atoms with Crippen LogP contribution in [0.4, 0.5) is 0 Å². The molecule has 0 aliphatic rings. The molecule has 1 aromatic heterocycles. The molecule has 2 N–H and O–H groups in total. The van der Waals surface area contributed by atoms with Gasteiger partial charge in [-0.3, -0.25) is 4.68 Å². The van der Waals surface area contributed by atoms with Crippen molar-refractivity contribution in [1.82, 2.24) is 9.78 Å². The monoisotopic (exact) mass is 209 g/mol. The van der Waals surface area contributed by atoms with E-state index >= 15 is 0 Å². The molecule has 0 aromatic carbocycles. The summed E-state index contributed by atoms with van der Waals surface area (Å²) in [6.07, 6.45) is 3.19. The smallest absolute Gasteiger partial charge is 0.0596 e. The molecule has 15 heavy (non-hydrogen) atoms. The van der Waals surface area contributed by atoms with Crippen molar-refractivity contribution in [2.75, 3.05) is 0 Å². The summed E-state index contributed by atoms with van der Waals surface area (Å²) in [5.41, 5.74) is 8.42. The second-order valence-corrected chi connectivity index (χ2v) is 4.83. The van der Waals surface area contributed by atoms with Gasteiger partial charge in [-0.25, -0.2) is 0 Å². The summed E-state index contributed by atoms with van der Waals surface area (Å²) in [4.78, 5) is 0. The second-order valence-electron chi connectivity index (χ2n) is 4.83. The summed E-state index contributed by atoms with van der Waals surface area (Å²) in [6, 6.07) is 2.46. The zero-order valence-corrected chi connectivity index (χ0v) is 10.3. The first-order valence-electron chi connectivity index (χ1n) is 5.74. The number of aryl methyl sites for hydroxylation is 3. The molecule has 0 aliphatic heterocycles. The summed E-state index contributed by atoms with van der Waals surface area (Å²) in [7, 11) is 2.00. The topological polar surface area (TPSA) is 43.8 Å². The first kappa shape index (κ1) is 12.2. The fraction of sp³-hybridized carbons (Fsp3) is 0.750. The molecular weight excluding hydrogens is 186 g/mol. The Morgan fingerprint density at radius 1 is 1.47 bits per heavy atom. The lowest BCUT2D eigenvalue weighted by molar-refractivity contribution is 0.468. The van der Waals surface area contributed by atoms with Crippen LogP contribution in [0.2, 0.25) is 0 Å². The molecule has 86 valence electrons. The Hall–Kier alpha value is -0.830. The standard InChI is InChI=1S/C12H23N3/c1-9(2)7-11(13)5-6-12-8-10(3)14-15(12)4/h8-9,11H,5-7,13H2,1-4H3. The van der Waals surface area contributed by atoms with Crippen LogP contribution in [-0.4, -0.2) is 15.8 Å². The highest BCUT2D eigenvalue weighted by atomic mass is 15.3. The van der Waals surface area contributed by atoms with E-state index in [0.29, 0.717) is 12.0 Å². The van der Waals surface area contributed by atoms with Crippen LogP contribution in [0.3, 0.4) is 0 Å². The molecule has 0 fully saturated rings. The number of nitrogens with two attached hydrogens (primary N) is 1. The quantitative estimate of drug-likeness (QED) is 0.806. The molecule has 0 radical (unpaired) electrons. The highest BCUT2D eigenvalue weighted by molar-refractivity contribution is 5.08. The predicted octanol–water partition coefficient (Wildman–Crippen LogP) is 2.03. The lowest BCUT2D eigenvalue weighted by Crippen LogP contribution is -2.23.